The normalized spacial score (nSPS) is 32.8. The highest BCUT2D eigenvalue weighted by atomic mass is 35.5. The number of amides is 2. The van der Waals surface area contributed by atoms with Gasteiger partial charge in [0, 0.05) is 67.6 Å². The third-order valence-corrected chi connectivity index (χ3v) is 15.8. The minimum absolute atomic E-state index is 0.125. The van der Waals surface area contributed by atoms with Crippen LogP contribution in [-0.4, -0.2) is 103 Å². The molecule has 0 aromatic heterocycles. The number of methoxy groups -OCH3 is 1. The van der Waals surface area contributed by atoms with Crippen LogP contribution in [0.25, 0.3) is 0 Å². The molecule has 1 saturated carbocycles. The maximum atomic E-state index is 14.0. The van der Waals surface area contributed by atoms with E-state index in [0.29, 0.717) is 49.6 Å². The maximum Gasteiger partial charge on any atom is 0.262 e. The van der Waals surface area contributed by atoms with Crippen molar-refractivity contribution in [2.24, 2.45) is 23.7 Å². The number of anilines is 1. The molecule has 3 aliphatic heterocycles. The Bertz CT molecular complexity index is 1770. The zero-order valence-corrected chi connectivity index (χ0v) is 33.5. The SMILES string of the molecule is C=S1(=O)NC(=O)c2ccc3c(c2)N(C[C@@H]2CC[C@H]2[C@H](CN2CCCN(CCOC)C(=O)C2)CCC[C@H](C)[C@H]1C)C[C@@]1(CCCc2cc(Cl)ccc21)CO3. The van der Waals surface area contributed by atoms with Gasteiger partial charge < -0.3 is 19.3 Å². The van der Waals surface area contributed by atoms with Gasteiger partial charge in [-0.25, -0.2) is 4.21 Å². The van der Waals surface area contributed by atoms with Crippen LogP contribution in [0.2, 0.25) is 5.02 Å². The average Bonchev–Trinajstić information content (AvgIpc) is 3.38. The molecule has 11 heteroatoms. The van der Waals surface area contributed by atoms with E-state index in [9.17, 15) is 13.8 Å². The molecule has 2 aromatic rings. The van der Waals surface area contributed by atoms with E-state index in [0.717, 1.165) is 101 Å². The average molecular weight is 767 g/mol. The van der Waals surface area contributed by atoms with Crippen molar-refractivity contribution in [1.29, 1.82) is 0 Å². The molecule has 1 saturated heterocycles. The summed E-state index contributed by atoms with van der Waals surface area (Å²) in [5, 5.41) is 0.484. The Morgan fingerprint density at radius 2 is 1.91 bits per heavy atom. The Labute approximate surface area is 322 Å². The van der Waals surface area contributed by atoms with Crippen LogP contribution < -0.4 is 14.4 Å². The summed E-state index contributed by atoms with van der Waals surface area (Å²) in [7, 11) is -1.23. The van der Waals surface area contributed by atoms with Crippen molar-refractivity contribution >= 4 is 44.7 Å². The van der Waals surface area contributed by atoms with Gasteiger partial charge in [-0.2, -0.15) is 0 Å². The van der Waals surface area contributed by atoms with Gasteiger partial charge in [0.15, 0.2) is 0 Å². The summed E-state index contributed by atoms with van der Waals surface area (Å²) in [6.45, 7) is 10.6. The summed E-state index contributed by atoms with van der Waals surface area (Å²) in [5.74, 6) is 6.30. The number of halogens is 1. The van der Waals surface area contributed by atoms with Crippen LogP contribution in [0, 0.1) is 23.7 Å². The molecule has 5 aliphatic rings. The maximum absolute atomic E-state index is 14.0. The zero-order valence-electron chi connectivity index (χ0n) is 32.0. The lowest BCUT2D eigenvalue weighted by Gasteiger charge is -2.47. The monoisotopic (exact) mass is 766 g/mol. The Balaban J connectivity index is 1.22. The Morgan fingerprint density at radius 1 is 1.06 bits per heavy atom. The molecule has 53 heavy (non-hydrogen) atoms. The molecule has 3 heterocycles. The third kappa shape index (κ3) is 8.26. The summed E-state index contributed by atoms with van der Waals surface area (Å²) in [6, 6.07) is 12.0. The minimum Gasteiger partial charge on any atom is -0.490 e. The van der Waals surface area contributed by atoms with Gasteiger partial charge in [-0.05, 0) is 129 Å². The fourth-order valence-electron chi connectivity index (χ4n) is 9.95. The number of carbonyl (C=O) groups is 2. The molecular weight excluding hydrogens is 708 g/mol. The lowest BCUT2D eigenvalue weighted by molar-refractivity contribution is -0.132. The van der Waals surface area contributed by atoms with Crippen molar-refractivity contribution in [3.05, 3.63) is 58.1 Å². The summed E-state index contributed by atoms with van der Waals surface area (Å²) >= 11 is 6.51. The quantitative estimate of drug-likeness (QED) is 0.363. The van der Waals surface area contributed by atoms with E-state index in [2.05, 4.69) is 39.4 Å². The molecule has 7 rings (SSSR count). The van der Waals surface area contributed by atoms with Gasteiger partial charge in [0.25, 0.3) is 5.91 Å². The number of benzene rings is 2. The first-order chi connectivity index (χ1) is 25.5. The van der Waals surface area contributed by atoms with Crippen molar-refractivity contribution < 1.29 is 23.3 Å². The van der Waals surface area contributed by atoms with Crippen molar-refractivity contribution in [3.8, 4) is 5.75 Å². The highest BCUT2D eigenvalue weighted by molar-refractivity contribution is 7.99. The minimum atomic E-state index is -2.92. The molecule has 2 fully saturated rings. The van der Waals surface area contributed by atoms with Crippen LogP contribution in [0.1, 0.15) is 86.7 Å². The van der Waals surface area contributed by atoms with Gasteiger partial charge in [0.05, 0.1) is 35.2 Å². The first-order valence-electron chi connectivity index (χ1n) is 19.9. The fourth-order valence-corrected chi connectivity index (χ4v) is 11.6. The molecule has 1 unspecified atom stereocenters. The Kier molecular flexibility index (Phi) is 11.7. The Morgan fingerprint density at radius 3 is 2.70 bits per heavy atom. The highest BCUT2D eigenvalue weighted by Gasteiger charge is 2.45. The molecule has 2 aromatic carbocycles. The molecule has 290 valence electrons. The van der Waals surface area contributed by atoms with Gasteiger partial charge >= 0.3 is 0 Å². The lowest BCUT2D eigenvalue weighted by Crippen LogP contribution is -2.50. The van der Waals surface area contributed by atoms with Gasteiger partial charge in [-0.1, -0.05) is 31.0 Å². The number of carbonyl (C=O) groups excluding carboxylic acids is 2. The van der Waals surface area contributed by atoms with E-state index in [1.165, 1.54) is 17.5 Å². The zero-order chi connectivity index (χ0) is 37.3. The van der Waals surface area contributed by atoms with Crippen LogP contribution in [0.15, 0.2) is 36.4 Å². The van der Waals surface area contributed by atoms with Crippen LogP contribution in [0.4, 0.5) is 5.69 Å². The lowest BCUT2D eigenvalue weighted by atomic mass is 9.65. The Hall–Kier alpha value is -2.79. The predicted molar refractivity (Wildman–Crippen MR) is 215 cm³/mol. The van der Waals surface area contributed by atoms with Crippen molar-refractivity contribution in [2.45, 2.75) is 82.3 Å². The van der Waals surface area contributed by atoms with Gasteiger partial charge in [-0.3, -0.25) is 19.2 Å². The summed E-state index contributed by atoms with van der Waals surface area (Å²) in [5.41, 5.74) is 3.81. The van der Waals surface area contributed by atoms with Crippen LogP contribution in [0.5, 0.6) is 5.75 Å². The first-order valence-corrected chi connectivity index (χ1v) is 22.1. The summed E-state index contributed by atoms with van der Waals surface area (Å²) in [6.07, 6.45) is 9.37. The van der Waals surface area contributed by atoms with E-state index >= 15 is 0 Å². The molecule has 1 N–H and O–H groups in total. The number of fused-ring (bicyclic) bond motifs is 4. The summed E-state index contributed by atoms with van der Waals surface area (Å²) in [4.78, 5) is 34.0. The van der Waals surface area contributed by atoms with Crippen LogP contribution >= 0.6 is 11.6 Å². The number of hydrogen-bond donors (Lipinski definition) is 1. The fraction of sp³-hybridized carbons (Fsp3) is 0.643. The number of hydrogen-bond acceptors (Lipinski definition) is 7. The van der Waals surface area contributed by atoms with Gasteiger partial charge in [-0.15, -0.1) is 0 Å². The largest absolute Gasteiger partial charge is 0.490 e. The summed E-state index contributed by atoms with van der Waals surface area (Å²) < 4.78 is 28.9. The van der Waals surface area contributed by atoms with E-state index in [4.69, 9.17) is 21.1 Å². The molecular formula is C42H59ClN4O5S. The number of ether oxygens (including phenoxy) is 2. The topological polar surface area (TPSA) is 91.4 Å². The molecule has 2 amide bonds. The number of rotatable bonds is 5. The number of nitrogens with zero attached hydrogens (tertiary/aromatic N) is 3. The van der Waals surface area contributed by atoms with Crippen molar-refractivity contribution in [1.82, 2.24) is 14.5 Å². The predicted octanol–water partition coefficient (Wildman–Crippen LogP) is 6.21. The smallest absolute Gasteiger partial charge is 0.262 e. The van der Waals surface area contributed by atoms with Crippen LogP contribution in [-0.2, 0) is 31.1 Å². The second kappa shape index (κ2) is 16.1. The molecule has 0 radical (unpaired) electrons. The van der Waals surface area contributed by atoms with Gasteiger partial charge in [0.1, 0.15) is 5.75 Å². The second-order valence-corrected chi connectivity index (χ2v) is 19.6. The molecule has 2 aliphatic carbocycles. The number of aryl methyl sites for hydroxylation is 1. The van der Waals surface area contributed by atoms with E-state index in [1.807, 2.05) is 30.0 Å². The number of nitrogens with one attached hydrogen (secondary N) is 1. The van der Waals surface area contributed by atoms with Crippen molar-refractivity contribution in [2.75, 3.05) is 71.0 Å². The van der Waals surface area contributed by atoms with E-state index in [1.54, 1.807) is 13.2 Å². The van der Waals surface area contributed by atoms with Gasteiger partial charge in [0.2, 0.25) is 5.91 Å². The van der Waals surface area contributed by atoms with Crippen molar-refractivity contribution in [3.63, 3.8) is 0 Å². The molecule has 2 bridgehead atoms. The van der Waals surface area contributed by atoms with Crippen LogP contribution in [0.3, 0.4) is 0 Å². The molecule has 1 spiro atoms. The van der Waals surface area contributed by atoms with E-state index < -0.39 is 9.71 Å². The highest BCUT2D eigenvalue weighted by Crippen LogP contribution is 2.48. The molecule has 7 atom stereocenters. The standard InChI is InChI=1S/C42H59ClN4O5S/c1-29-8-5-9-33(24-45-18-7-19-46(20-21-51-3)40(48)26-45)36-14-11-34(36)25-47-27-42(17-6-10-31-22-35(43)13-15-37(31)42)28-52-39-16-12-32(23-38(39)47)41(49)44-53(4,50)30(29)2/h12-13,15-16,22-23,29-30,33-34,36H,4-11,14,17-21,24-28H2,1-3H3,(H,44,49,50)/t29-,30+,33-,34-,36-,42-,53?/m0/s1. The second-order valence-electron chi connectivity index (χ2n) is 16.8. The first kappa shape index (κ1) is 38.5. The molecule has 9 nitrogen and oxygen atoms in total. The third-order valence-electron chi connectivity index (χ3n) is 13.4. The van der Waals surface area contributed by atoms with E-state index in [-0.39, 0.29) is 28.4 Å².